The van der Waals surface area contributed by atoms with E-state index in [1.165, 1.54) is 4.90 Å². The molecule has 0 spiro atoms. The highest BCUT2D eigenvalue weighted by molar-refractivity contribution is 6.42. The standard InChI is InChI=1S/C19H27Cl2NO4/c1-5-25-18(23)17(12-14-7-8-15(20)16(21)11-14)22(10-9-13(3)4)19(24)26-6-2/h7-8,11,13,17H,5-6,9-10,12H2,1-4H3. The van der Waals surface area contributed by atoms with Crippen molar-refractivity contribution in [3.05, 3.63) is 33.8 Å². The van der Waals surface area contributed by atoms with Gasteiger partial charge in [0.2, 0.25) is 0 Å². The fourth-order valence-corrected chi connectivity index (χ4v) is 2.75. The van der Waals surface area contributed by atoms with Crippen LogP contribution in [0.2, 0.25) is 10.0 Å². The maximum Gasteiger partial charge on any atom is 0.410 e. The molecular formula is C19H27Cl2NO4. The fourth-order valence-electron chi connectivity index (χ4n) is 2.43. The maximum absolute atomic E-state index is 12.6. The SMILES string of the molecule is CCOC(=O)C(Cc1ccc(Cl)c(Cl)c1)N(CCC(C)C)C(=O)OCC. The Morgan fingerprint density at radius 2 is 1.73 bits per heavy atom. The summed E-state index contributed by atoms with van der Waals surface area (Å²) in [5.41, 5.74) is 0.788. The molecule has 7 heteroatoms. The number of rotatable bonds is 9. The van der Waals surface area contributed by atoms with E-state index in [0.717, 1.165) is 12.0 Å². The van der Waals surface area contributed by atoms with Gasteiger partial charge in [-0.15, -0.1) is 0 Å². The van der Waals surface area contributed by atoms with Gasteiger partial charge >= 0.3 is 12.1 Å². The number of esters is 1. The lowest BCUT2D eigenvalue weighted by atomic mass is 10.0. The summed E-state index contributed by atoms with van der Waals surface area (Å²) < 4.78 is 10.4. The summed E-state index contributed by atoms with van der Waals surface area (Å²) in [6, 6.07) is 4.36. The summed E-state index contributed by atoms with van der Waals surface area (Å²) in [6.45, 7) is 8.45. The summed E-state index contributed by atoms with van der Waals surface area (Å²) in [4.78, 5) is 26.5. The molecule has 0 N–H and O–H groups in total. The summed E-state index contributed by atoms with van der Waals surface area (Å²) in [5.74, 6) is -0.0878. The van der Waals surface area contributed by atoms with Gasteiger partial charge in [-0.05, 0) is 43.9 Å². The predicted octanol–water partition coefficient (Wildman–Crippen LogP) is 4.97. The molecule has 1 amide bonds. The third-order valence-electron chi connectivity index (χ3n) is 3.80. The van der Waals surface area contributed by atoms with Gasteiger partial charge in [-0.1, -0.05) is 43.1 Å². The molecule has 0 bridgehead atoms. The molecular weight excluding hydrogens is 377 g/mol. The van der Waals surface area contributed by atoms with E-state index >= 15 is 0 Å². The number of nitrogens with zero attached hydrogens (tertiary/aromatic N) is 1. The number of halogens is 2. The Morgan fingerprint density at radius 3 is 2.27 bits per heavy atom. The Kier molecular flexibility index (Phi) is 9.81. The minimum Gasteiger partial charge on any atom is -0.464 e. The van der Waals surface area contributed by atoms with Crippen LogP contribution in [0.15, 0.2) is 18.2 Å². The highest BCUT2D eigenvalue weighted by atomic mass is 35.5. The lowest BCUT2D eigenvalue weighted by molar-refractivity contribution is -0.149. The zero-order valence-corrected chi connectivity index (χ0v) is 17.3. The van der Waals surface area contributed by atoms with Crippen molar-refractivity contribution in [3.8, 4) is 0 Å². The number of hydrogen-bond acceptors (Lipinski definition) is 4. The van der Waals surface area contributed by atoms with Crippen molar-refractivity contribution in [1.82, 2.24) is 4.90 Å². The highest BCUT2D eigenvalue weighted by Gasteiger charge is 2.32. The number of carbonyl (C=O) groups is 2. The first-order chi connectivity index (χ1) is 12.3. The first kappa shape index (κ1) is 22.6. The molecule has 0 saturated heterocycles. The van der Waals surface area contributed by atoms with Crippen molar-refractivity contribution in [2.24, 2.45) is 5.92 Å². The van der Waals surface area contributed by atoms with E-state index < -0.39 is 18.1 Å². The molecule has 1 atom stereocenters. The van der Waals surface area contributed by atoms with E-state index in [-0.39, 0.29) is 19.6 Å². The summed E-state index contributed by atoms with van der Waals surface area (Å²) >= 11 is 12.0. The third kappa shape index (κ3) is 7.04. The van der Waals surface area contributed by atoms with Crippen LogP contribution in [0, 0.1) is 5.92 Å². The van der Waals surface area contributed by atoms with Crippen LogP contribution in [-0.4, -0.2) is 42.8 Å². The van der Waals surface area contributed by atoms with E-state index in [0.29, 0.717) is 22.5 Å². The van der Waals surface area contributed by atoms with Crippen molar-refractivity contribution in [2.45, 2.75) is 46.6 Å². The summed E-state index contributed by atoms with van der Waals surface area (Å²) in [5, 5.41) is 0.835. The number of ether oxygens (including phenoxy) is 2. The Labute approximate surface area is 165 Å². The van der Waals surface area contributed by atoms with Crippen molar-refractivity contribution < 1.29 is 19.1 Å². The second kappa shape index (κ2) is 11.3. The van der Waals surface area contributed by atoms with Crippen LogP contribution in [0.4, 0.5) is 4.79 Å². The normalized spacial score (nSPS) is 12.0. The number of benzene rings is 1. The van der Waals surface area contributed by atoms with E-state index in [1.54, 1.807) is 32.0 Å². The van der Waals surface area contributed by atoms with E-state index in [4.69, 9.17) is 32.7 Å². The van der Waals surface area contributed by atoms with Gasteiger partial charge in [0.25, 0.3) is 0 Å². The van der Waals surface area contributed by atoms with Crippen LogP contribution in [0.25, 0.3) is 0 Å². The van der Waals surface area contributed by atoms with Gasteiger partial charge in [-0.2, -0.15) is 0 Å². The van der Waals surface area contributed by atoms with E-state index in [1.807, 2.05) is 0 Å². The van der Waals surface area contributed by atoms with Crippen LogP contribution < -0.4 is 0 Å². The Balaban J connectivity index is 3.13. The molecule has 0 heterocycles. The van der Waals surface area contributed by atoms with Crippen LogP contribution in [0.1, 0.15) is 39.7 Å². The highest BCUT2D eigenvalue weighted by Crippen LogP contribution is 2.24. The predicted molar refractivity (Wildman–Crippen MR) is 104 cm³/mol. The van der Waals surface area contributed by atoms with Crippen molar-refractivity contribution in [3.63, 3.8) is 0 Å². The van der Waals surface area contributed by atoms with Gasteiger partial charge in [-0.3, -0.25) is 4.90 Å². The second-order valence-electron chi connectivity index (χ2n) is 6.30. The Bertz CT molecular complexity index is 607. The minimum absolute atomic E-state index is 0.234. The molecule has 0 aliphatic carbocycles. The fraction of sp³-hybridized carbons (Fsp3) is 0.579. The number of hydrogen-bond donors (Lipinski definition) is 0. The van der Waals surface area contributed by atoms with Crippen LogP contribution in [0.5, 0.6) is 0 Å². The average molecular weight is 404 g/mol. The molecule has 0 aliphatic heterocycles. The Morgan fingerprint density at radius 1 is 1.08 bits per heavy atom. The molecule has 0 aliphatic rings. The van der Waals surface area contributed by atoms with Crippen molar-refractivity contribution >= 4 is 35.3 Å². The summed E-state index contributed by atoms with van der Waals surface area (Å²) in [7, 11) is 0. The minimum atomic E-state index is -0.787. The largest absolute Gasteiger partial charge is 0.464 e. The third-order valence-corrected chi connectivity index (χ3v) is 4.54. The zero-order valence-electron chi connectivity index (χ0n) is 15.8. The Hall–Kier alpha value is -1.46. The van der Waals surface area contributed by atoms with Crippen molar-refractivity contribution in [1.29, 1.82) is 0 Å². The van der Waals surface area contributed by atoms with Gasteiger partial charge in [0.1, 0.15) is 6.04 Å². The quantitative estimate of drug-likeness (QED) is 0.545. The van der Waals surface area contributed by atoms with E-state index in [9.17, 15) is 9.59 Å². The second-order valence-corrected chi connectivity index (χ2v) is 7.11. The van der Waals surface area contributed by atoms with Gasteiger partial charge in [0.15, 0.2) is 0 Å². The maximum atomic E-state index is 12.6. The first-order valence-corrected chi connectivity index (χ1v) is 9.59. The number of amides is 1. The molecule has 5 nitrogen and oxygen atoms in total. The molecule has 1 rings (SSSR count). The molecule has 1 unspecified atom stereocenters. The molecule has 0 aromatic heterocycles. The lowest BCUT2D eigenvalue weighted by Crippen LogP contribution is -2.48. The monoisotopic (exact) mass is 403 g/mol. The summed E-state index contributed by atoms with van der Waals surface area (Å²) in [6.07, 6.45) is 0.495. The van der Waals surface area contributed by atoms with Crippen LogP contribution in [-0.2, 0) is 20.7 Å². The molecule has 0 fully saturated rings. The molecule has 0 radical (unpaired) electrons. The first-order valence-electron chi connectivity index (χ1n) is 8.84. The van der Waals surface area contributed by atoms with Gasteiger partial charge in [-0.25, -0.2) is 9.59 Å². The average Bonchev–Trinajstić information content (AvgIpc) is 2.57. The van der Waals surface area contributed by atoms with Gasteiger partial charge in [0.05, 0.1) is 23.3 Å². The molecule has 26 heavy (non-hydrogen) atoms. The molecule has 1 aromatic rings. The van der Waals surface area contributed by atoms with Crippen molar-refractivity contribution in [2.75, 3.05) is 19.8 Å². The smallest absolute Gasteiger partial charge is 0.410 e. The molecule has 1 aromatic carbocycles. The lowest BCUT2D eigenvalue weighted by Gasteiger charge is -2.30. The van der Waals surface area contributed by atoms with Gasteiger partial charge in [0, 0.05) is 13.0 Å². The van der Waals surface area contributed by atoms with E-state index in [2.05, 4.69) is 13.8 Å². The molecule has 0 saturated carbocycles. The molecule has 146 valence electrons. The van der Waals surface area contributed by atoms with Crippen LogP contribution >= 0.6 is 23.2 Å². The van der Waals surface area contributed by atoms with Gasteiger partial charge < -0.3 is 9.47 Å². The van der Waals surface area contributed by atoms with Crippen LogP contribution in [0.3, 0.4) is 0 Å². The number of carbonyl (C=O) groups excluding carboxylic acids is 2. The topological polar surface area (TPSA) is 55.8 Å². The zero-order chi connectivity index (χ0) is 19.7.